The first-order chi connectivity index (χ1) is 15.8. The summed E-state index contributed by atoms with van der Waals surface area (Å²) in [5.41, 5.74) is 2.93. The lowest BCUT2D eigenvalue weighted by Gasteiger charge is -2.21. The van der Waals surface area contributed by atoms with Gasteiger partial charge < -0.3 is 0 Å². The Morgan fingerprint density at radius 2 is 1.34 bits per heavy atom. The third kappa shape index (κ3) is 8.43. The van der Waals surface area contributed by atoms with E-state index in [9.17, 15) is 0 Å². The lowest BCUT2D eigenvalue weighted by atomic mass is 9.85. The van der Waals surface area contributed by atoms with Crippen LogP contribution in [0.2, 0.25) is 0 Å². The molecule has 0 saturated heterocycles. The van der Waals surface area contributed by atoms with Crippen LogP contribution in [-0.2, 0) is 19.3 Å². The zero-order chi connectivity index (χ0) is 23.8. The third-order valence-electron chi connectivity index (χ3n) is 6.84. The van der Waals surface area contributed by atoms with E-state index < -0.39 is 0 Å². The molecule has 3 heteroatoms. The molecular formula is C29H52N2S. The molecule has 2 fully saturated rings. The summed E-state index contributed by atoms with van der Waals surface area (Å²) in [7, 11) is 0. The van der Waals surface area contributed by atoms with Gasteiger partial charge in [0, 0.05) is 10.3 Å². The molecule has 32 heavy (non-hydrogen) atoms. The van der Waals surface area contributed by atoms with Crippen LogP contribution >= 0.6 is 11.3 Å². The first kappa shape index (κ1) is 29.1. The van der Waals surface area contributed by atoms with Gasteiger partial charge in [0.2, 0.25) is 0 Å². The van der Waals surface area contributed by atoms with Crippen LogP contribution in [0.3, 0.4) is 0 Å². The summed E-state index contributed by atoms with van der Waals surface area (Å²) in [6.45, 7) is 14.3. The number of rotatable bonds is 3. The number of fused-ring (bicyclic) bond motifs is 3. The van der Waals surface area contributed by atoms with Crippen LogP contribution in [-0.4, -0.2) is 9.97 Å². The molecule has 0 aliphatic heterocycles. The third-order valence-corrected chi connectivity index (χ3v) is 8.04. The van der Waals surface area contributed by atoms with Crippen LogP contribution in [0.25, 0.3) is 10.2 Å². The second-order valence-electron chi connectivity index (χ2n) is 8.62. The van der Waals surface area contributed by atoms with Crippen LogP contribution < -0.4 is 0 Å². The largest absolute Gasteiger partial charge is 0.241 e. The maximum atomic E-state index is 4.65. The summed E-state index contributed by atoms with van der Waals surface area (Å²) in [5, 5.41) is 1.44. The van der Waals surface area contributed by atoms with Crippen molar-refractivity contribution in [3.63, 3.8) is 0 Å². The second kappa shape index (κ2) is 17.5. The predicted molar refractivity (Wildman–Crippen MR) is 146 cm³/mol. The predicted octanol–water partition coefficient (Wildman–Crippen LogP) is 9.97. The first-order valence-corrected chi connectivity index (χ1v) is 14.9. The Bertz CT molecular complexity index is 709. The summed E-state index contributed by atoms with van der Waals surface area (Å²) < 4.78 is 0. The fraction of sp³-hybridized carbons (Fsp3) is 0.793. The van der Waals surface area contributed by atoms with E-state index in [0.717, 1.165) is 11.8 Å². The zero-order valence-electron chi connectivity index (χ0n) is 22.4. The van der Waals surface area contributed by atoms with E-state index in [1.54, 1.807) is 16.8 Å². The molecule has 0 aromatic carbocycles. The molecular weight excluding hydrogens is 408 g/mol. The van der Waals surface area contributed by atoms with Gasteiger partial charge in [0.05, 0.1) is 5.69 Å². The number of nitrogens with zero attached hydrogens (tertiary/aromatic N) is 2. The summed E-state index contributed by atoms with van der Waals surface area (Å²) in [4.78, 5) is 12.0. The fourth-order valence-corrected chi connectivity index (χ4v) is 6.48. The van der Waals surface area contributed by atoms with Crippen molar-refractivity contribution in [3.8, 4) is 0 Å². The number of hydrogen-bond acceptors (Lipinski definition) is 3. The van der Waals surface area contributed by atoms with Gasteiger partial charge in [0.15, 0.2) is 0 Å². The van der Waals surface area contributed by atoms with Crippen LogP contribution in [0.15, 0.2) is 6.33 Å². The maximum absolute atomic E-state index is 4.65. The molecule has 0 spiro atoms. The molecule has 0 bridgehead atoms. The van der Waals surface area contributed by atoms with Crippen LogP contribution in [0.4, 0.5) is 0 Å². The van der Waals surface area contributed by atoms with Gasteiger partial charge in [-0.25, -0.2) is 9.97 Å². The Morgan fingerprint density at radius 3 is 1.94 bits per heavy atom. The highest BCUT2D eigenvalue weighted by Gasteiger charge is 2.23. The standard InChI is InChI=1S/C16H20N2S.C7H14.3C2H6/c1-2-5-11(6-3-1)9-13-15-12-7-4-8-14(12)19-16(15)18-10-17-13;1-2-7-5-3-4-6-7;3*1-2/h10-11H,1-9H2;7H,2-6H2,1H3;3*1-2H3. The molecule has 0 radical (unpaired) electrons. The minimum Gasteiger partial charge on any atom is -0.241 e. The van der Waals surface area contributed by atoms with Crippen molar-refractivity contribution in [2.45, 2.75) is 138 Å². The molecule has 2 saturated carbocycles. The molecule has 0 atom stereocenters. The lowest BCUT2D eigenvalue weighted by Crippen LogP contribution is -2.10. The molecule has 2 aromatic heterocycles. The Labute approximate surface area is 204 Å². The summed E-state index contributed by atoms with van der Waals surface area (Å²) >= 11 is 1.91. The second-order valence-corrected chi connectivity index (χ2v) is 9.71. The quantitative estimate of drug-likeness (QED) is 0.455. The minimum absolute atomic E-state index is 0.865. The molecule has 5 rings (SSSR count). The Kier molecular flexibility index (Phi) is 15.9. The van der Waals surface area contributed by atoms with Crippen molar-refractivity contribution in [1.29, 1.82) is 0 Å². The molecule has 2 heterocycles. The van der Waals surface area contributed by atoms with Gasteiger partial charge in [-0.2, -0.15) is 0 Å². The van der Waals surface area contributed by atoms with Gasteiger partial charge in [0.25, 0.3) is 0 Å². The highest BCUT2D eigenvalue weighted by atomic mass is 32.1. The Morgan fingerprint density at radius 1 is 0.750 bits per heavy atom. The van der Waals surface area contributed by atoms with E-state index in [-0.39, 0.29) is 0 Å². The van der Waals surface area contributed by atoms with Gasteiger partial charge in [-0.15, -0.1) is 11.3 Å². The molecule has 2 nitrogen and oxygen atoms in total. The molecule has 2 aromatic rings. The van der Waals surface area contributed by atoms with Gasteiger partial charge in [-0.1, -0.05) is 113 Å². The minimum atomic E-state index is 0.865. The number of aryl methyl sites for hydroxylation is 2. The van der Waals surface area contributed by atoms with E-state index in [2.05, 4.69) is 16.9 Å². The zero-order valence-corrected chi connectivity index (χ0v) is 23.3. The number of aromatic nitrogens is 2. The normalized spacial score (nSPS) is 17.6. The molecule has 0 unspecified atom stereocenters. The monoisotopic (exact) mass is 460 g/mol. The SMILES string of the molecule is CC.CC.CC.CCC1CCCC1.c1nc(CC2CCCCC2)c2c3c(sc2n1)CCC3. The van der Waals surface area contributed by atoms with Crippen LogP contribution in [0.1, 0.15) is 135 Å². The molecule has 3 aliphatic rings. The van der Waals surface area contributed by atoms with Crippen LogP contribution in [0, 0.1) is 11.8 Å². The van der Waals surface area contributed by atoms with Crippen molar-refractivity contribution in [3.05, 3.63) is 22.5 Å². The van der Waals surface area contributed by atoms with E-state index >= 15 is 0 Å². The average molecular weight is 461 g/mol. The Balaban J connectivity index is 0.000000332. The summed E-state index contributed by atoms with van der Waals surface area (Å²) in [6, 6.07) is 0. The molecule has 184 valence electrons. The number of hydrogen-bond donors (Lipinski definition) is 0. The topological polar surface area (TPSA) is 25.8 Å². The van der Waals surface area contributed by atoms with Gasteiger partial charge in [-0.05, 0) is 43.1 Å². The highest BCUT2D eigenvalue weighted by Crippen LogP contribution is 2.38. The number of thiophene rings is 1. The van der Waals surface area contributed by atoms with Crippen molar-refractivity contribution in [2.75, 3.05) is 0 Å². The van der Waals surface area contributed by atoms with E-state index in [4.69, 9.17) is 0 Å². The lowest BCUT2D eigenvalue weighted by molar-refractivity contribution is 0.355. The van der Waals surface area contributed by atoms with Crippen molar-refractivity contribution in [2.24, 2.45) is 11.8 Å². The molecule has 0 N–H and O–H groups in total. The van der Waals surface area contributed by atoms with E-state index in [1.807, 2.05) is 52.9 Å². The van der Waals surface area contributed by atoms with Crippen molar-refractivity contribution < 1.29 is 0 Å². The smallest absolute Gasteiger partial charge is 0.127 e. The first-order valence-electron chi connectivity index (χ1n) is 14.1. The van der Waals surface area contributed by atoms with Gasteiger partial charge in [0.1, 0.15) is 11.2 Å². The Hall–Kier alpha value is -0.960. The maximum Gasteiger partial charge on any atom is 0.127 e. The summed E-state index contributed by atoms with van der Waals surface area (Å²) in [6.07, 6.45) is 21.3. The van der Waals surface area contributed by atoms with Gasteiger partial charge in [-0.3, -0.25) is 0 Å². The van der Waals surface area contributed by atoms with Crippen LogP contribution in [0.5, 0.6) is 0 Å². The average Bonchev–Trinajstić information content (AvgIpc) is 3.62. The van der Waals surface area contributed by atoms with Crippen molar-refractivity contribution >= 4 is 21.6 Å². The summed E-state index contributed by atoms with van der Waals surface area (Å²) in [5.74, 6) is 1.96. The van der Waals surface area contributed by atoms with Crippen molar-refractivity contribution in [1.82, 2.24) is 9.97 Å². The fourth-order valence-electron chi connectivity index (χ4n) is 5.23. The van der Waals surface area contributed by atoms with E-state index in [1.165, 1.54) is 106 Å². The highest BCUT2D eigenvalue weighted by molar-refractivity contribution is 7.18. The van der Waals surface area contributed by atoms with Gasteiger partial charge >= 0.3 is 0 Å². The molecule has 3 aliphatic carbocycles. The molecule has 0 amide bonds. The van der Waals surface area contributed by atoms with E-state index in [0.29, 0.717) is 0 Å².